The summed E-state index contributed by atoms with van der Waals surface area (Å²) in [5.74, 6) is 1.93. The van der Waals surface area contributed by atoms with E-state index in [9.17, 15) is 4.79 Å². The molecule has 1 heterocycles. The summed E-state index contributed by atoms with van der Waals surface area (Å²) in [7, 11) is 1.61. The molecule has 1 amide bonds. The number of thioether (sulfide) groups is 1. The van der Waals surface area contributed by atoms with Gasteiger partial charge < -0.3 is 14.8 Å². The molecule has 7 nitrogen and oxygen atoms in total. The summed E-state index contributed by atoms with van der Waals surface area (Å²) in [6.45, 7) is 6.16. The number of aromatic nitrogens is 3. The fraction of sp³-hybridized carbons (Fsp3) is 0.227. The van der Waals surface area contributed by atoms with E-state index in [1.165, 1.54) is 11.8 Å². The average molecular weight is 493 g/mol. The summed E-state index contributed by atoms with van der Waals surface area (Å²) in [6, 6.07) is 12.2. The van der Waals surface area contributed by atoms with Crippen molar-refractivity contribution >= 4 is 46.6 Å². The number of ether oxygens (including phenoxy) is 2. The lowest BCUT2D eigenvalue weighted by Crippen LogP contribution is -2.16. The Morgan fingerprint density at radius 3 is 2.62 bits per heavy atom. The number of carbonyl (C=O) groups excluding carboxylic acids is 1. The Hall–Kier alpha value is -2.68. The number of nitrogens with one attached hydrogen (secondary N) is 1. The van der Waals surface area contributed by atoms with Gasteiger partial charge in [0.05, 0.1) is 23.6 Å². The molecule has 0 spiro atoms. The molecule has 2 aromatic carbocycles. The van der Waals surface area contributed by atoms with E-state index >= 15 is 0 Å². The minimum Gasteiger partial charge on any atom is -0.497 e. The first-order valence-corrected chi connectivity index (χ1v) is 11.4. The maximum absolute atomic E-state index is 12.4. The van der Waals surface area contributed by atoms with Gasteiger partial charge in [-0.15, -0.1) is 16.8 Å². The van der Waals surface area contributed by atoms with Crippen molar-refractivity contribution in [1.82, 2.24) is 14.8 Å². The Balaban J connectivity index is 1.67. The lowest BCUT2D eigenvalue weighted by molar-refractivity contribution is -0.113. The Kier molecular flexibility index (Phi) is 8.44. The minimum atomic E-state index is -0.371. The zero-order valence-corrected chi connectivity index (χ0v) is 19.9. The molecule has 0 aliphatic heterocycles. The number of amides is 1. The number of allylic oxidation sites excluding steroid dienone is 1. The molecule has 1 N–H and O–H groups in total. The van der Waals surface area contributed by atoms with E-state index in [1.54, 1.807) is 31.4 Å². The molecule has 1 atom stereocenters. The summed E-state index contributed by atoms with van der Waals surface area (Å²) in [6.07, 6.45) is 1.37. The maximum atomic E-state index is 12.4. The predicted octanol–water partition coefficient (Wildman–Crippen LogP) is 5.65. The quantitative estimate of drug-likeness (QED) is 0.291. The highest BCUT2D eigenvalue weighted by Gasteiger charge is 2.20. The largest absolute Gasteiger partial charge is 0.497 e. The van der Waals surface area contributed by atoms with Crippen molar-refractivity contribution in [3.63, 3.8) is 0 Å². The topological polar surface area (TPSA) is 78.3 Å². The van der Waals surface area contributed by atoms with E-state index in [0.717, 1.165) is 5.75 Å². The minimum absolute atomic E-state index is 0.117. The van der Waals surface area contributed by atoms with Gasteiger partial charge in [0, 0.05) is 11.6 Å². The van der Waals surface area contributed by atoms with Gasteiger partial charge in [0.2, 0.25) is 5.91 Å². The summed E-state index contributed by atoms with van der Waals surface area (Å²) >= 11 is 13.3. The van der Waals surface area contributed by atoms with Crippen molar-refractivity contribution in [1.29, 1.82) is 0 Å². The molecule has 0 aliphatic rings. The van der Waals surface area contributed by atoms with Crippen LogP contribution in [0.5, 0.6) is 11.5 Å². The van der Waals surface area contributed by atoms with Crippen LogP contribution in [-0.2, 0) is 11.3 Å². The van der Waals surface area contributed by atoms with Crippen LogP contribution >= 0.6 is 35.0 Å². The van der Waals surface area contributed by atoms with E-state index in [1.807, 2.05) is 35.8 Å². The second-order valence-corrected chi connectivity index (χ2v) is 8.42. The smallest absolute Gasteiger partial charge is 0.234 e. The second-order valence-electron chi connectivity index (χ2n) is 6.64. The van der Waals surface area contributed by atoms with Gasteiger partial charge in [0.15, 0.2) is 17.1 Å². The standard InChI is InChI=1S/C22H22Cl2N4O3S/c1-4-11-28-21(14(2)31-17-8-6-16(30-3)7-9-17)26-27-22(28)32-13-20(29)25-19-12-15(23)5-10-18(19)24/h4-10,12,14H,1,11,13H2,2-3H3,(H,25,29). The van der Waals surface area contributed by atoms with Gasteiger partial charge in [0.25, 0.3) is 0 Å². The zero-order valence-electron chi connectivity index (χ0n) is 17.5. The number of carbonyl (C=O) groups is 1. The van der Waals surface area contributed by atoms with Crippen LogP contribution in [0, 0.1) is 0 Å². The van der Waals surface area contributed by atoms with E-state index in [-0.39, 0.29) is 17.8 Å². The molecule has 0 aliphatic carbocycles. The molecule has 168 valence electrons. The number of hydrogen-bond acceptors (Lipinski definition) is 6. The van der Waals surface area contributed by atoms with Crippen LogP contribution in [0.1, 0.15) is 18.9 Å². The van der Waals surface area contributed by atoms with Crippen molar-refractivity contribution in [2.75, 3.05) is 18.2 Å². The Morgan fingerprint density at radius 1 is 1.22 bits per heavy atom. The van der Waals surface area contributed by atoms with Crippen molar-refractivity contribution < 1.29 is 14.3 Å². The Bertz CT molecular complexity index is 1090. The van der Waals surface area contributed by atoms with Crippen LogP contribution in [0.25, 0.3) is 0 Å². The number of nitrogens with zero attached hydrogens (tertiary/aromatic N) is 3. The van der Waals surface area contributed by atoms with Crippen molar-refractivity contribution in [2.45, 2.75) is 24.7 Å². The van der Waals surface area contributed by atoms with E-state index in [0.29, 0.717) is 39.0 Å². The number of anilines is 1. The van der Waals surface area contributed by atoms with Crippen LogP contribution in [-0.4, -0.2) is 33.5 Å². The molecular weight excluding hydrogens is 471 g/mol. The van der Waals surface area contributed by atoms with Gasteiger partial charge in [0.1, 0.15) is 11.5 Å². The van der Waals surface area contributed by atoms with Gasteiger partial charge in [-0.3, -0.25) is 9.36 Å². The number of methoxy groups -OCH3 is 1. The highest BCUT2D eigenvalue weighted by Crippen LogP contribution is 2.28. The van der Waals surface area contributed by atoms with Gasteiger partial charge in [-0.2, -0.15) is 0 Å². The SMILES string of the molecule is C=CCn1c(SCC(=O)Nc2cc(Cl)ccc2Cl)nnc1C(C)Oc1ccc(OC)cc1. The third-order valence-corrected chi connectivity index (χ3v) is 5.86. The van der Waals surface area contributed by atoms with Gasteiger partial charge in [-0.25, -0.2) is 0 Å². The lowest BCUT2D eigenvalue weighted by atomic mass is 10.3. The first kappa shape index (κ1) is 24.0. The molecule has 1 aromatic heterocycles. The Labute approximate surface area is 200 Å². The summed E-state index contributed by atoms with van der Waals surface area (Å²) < 4.78 is 13.0. The fourth-order valence-electron chi connectivity index (χ4n) is 2.83. The number of halogens is 2. The molecule has 32 heavy (non-hydrogen) atoms. The van der Waals surface area contributed by atoms with Crippen molar-refractivity contribution in [3.8, 4) is 11.5 Å². The maximum Gasteiger partial charge on any atom is 0.234 e. The number of rotatable bonds is 10. The van der Waals surface area contributed by atoms with E-state index < -0.39 is 0 Å². The van der Waals surface area contributed by atoms with Gasteiger partial charge in [-0.05, 0) is 49.4 Å². The fourth-order valence-corrected chi connectivity index (χ4v) is 3.92. The molecule has 0 saturated carbocycles. The molecule has 0 saturated heterocycles. The first-order chi connectivity index (χ1) is 15.4. The second kappa shape index (κ2) is 11.3. The van der Waals surface area contributed by atoms with Crippen molar-refractivity contribution in [2.24, 2.45) is 0 Å². The molecule has 3 aromatic rings. The van der Waals surface area contributed by atoms with E-state index in [4.69, 9.17) is 32.7 Å². The molecular formula is C22H22Cl2N4O3S. The normalized spacial score (nSPS) is 11.6. The monoisotopic (exact) mass is 492 g/mol. The summed E-state index contributed by atoms with van der Waals surface area (Å²) in [5.41, 5.74) is 0.458. The molecule has 0 fully saturated rings. The van der Waals surface area contributed by atoms with Gasteiger partial charge >= 0.3 is 0 Å². The molecule has 3 rings (SSSR count). The first-order valence-electron chi connectivity index (χ1n) is 9.63. The Morgan fingerprint density at radius 2 is 1.94 bits per heavy atom. The molecule has 0 bridgehead atoms. The lowest BCUT2D eigenvalue weighted by Gasteiger charge is -2.16. The van der Waals surface area contributed by atoms with Crippen LogP contribution < -0.4 is 14.8 Å². The van der Waals surface area contributed by atoms with Crippen molar-refractivity contribution in [3.05, 3.63) is 71.0 Å². The third-order valence-electron chi connectivity index (χ3n) is 4.33. The molecule has 10 heteroatoms. The molecule has 0 radical (unpaired) electrons. The number of benzene rings is 2. The summed E-state index contributed by atoms with van der Waals surface area (Å²) in [4.78, 5) is 12.4. The predicted molar refractivity (Wildman–Crippen MR) is 128 cm³/mol. The summed E-state index contributed by atoms with van der Waals surface area (Å²) in [5, 5.41) is 12.7. The third kappa shape index (κ3) is 6.18. The van der Waals surface area contributed by atoms with E-state index in [2.05, 4.69) is 22.1 Å². The highest BCUT2D eigenvalue weighted by atomic mass is 35.5. The van der Waals surface area contributed by atoms with Crippen LogP contribution in [0.2, 0.25) is 10.0 Å². The average Bonchev–Trinajstić information content (AvgIpc) is 3.18. The van der Waals surface area contributed by atoms with Gasteiger partial charge in [-0.1, -0.05) is 41.0 Å². The molecule has 1 unspecified atom stereocenters. The van der Waals surface area contributed by atoms with Crippen LogP contribution in [0.4, 0.5) is 5.69 Å². The zero-order chi connectivity index (χ0) is 23.1. The van der Waals surface area contributed by atoms with Crippen LogP contribution in [0.3, 0.4) is 0 Å². The van der Waals surface area contributed by atoms with Crippen LogP contribution in [0.15, 0.2) is 60.3 Å². The highest BCUT2D eigenvalue weighted by molar-refractivity contribution is 7.99. The number of hydrogen-bond donors (Lipinski definition) is 1.